The van der Waals surface area contributed by atoms with Crippen LogP contribution in [-0.2, 0) is 0 Å². The van der Waals surface area contributed by atoms with Gasteiger partial charge in [0, 0.05) is 0 Å². The lowest BCUT2D eigenvalue weighted by molar-refractivity contribution is 0.745. The van der Waals surface area contributed by atoms with Gasteiger partial charge in [0.05, 0.1) is 5.84 Å². The molecule has 1 unspecified atom stereocenters. The first-order chi connectivity index (χ1) is 5.20. The monoisotopic (exact) mass is 153 g/mol. The second kappa shape index (κ2) is 3.14. The Kier molecular flexibility index (Phi) is 2.20. The summed E-state index contributed by atoms with van der Waals surface area (Å²) in [6.45, 7) is 3.64. The Morgan fingerprint density at radius 2 is 2.55 bits per heavy atom. The molecule has 0 saturated heterocycles. The molecule has 0 fully saturated rings. The van der Waals surface area contributed by atoms with Crippen LogP contribution in [-0.4, -0.2) is 21.0 Å². The smallest absolute Gasteiger partial charge is 0.148 e. The Labute approximate surface area is 64.7 Å². The van der Waals surface area contributed by atoms with E-state index in [9.17, 15) is 0 Å². The quantitative estimate of drug-likeness (QED) is 0.472. The van der Waals surface area contributed by atoms with E-state index in [0.717, 1.165) is 5.82 Å². The summed E-state index contributed by atoms with van der Waals surface area (Å²) in [5, 5.41) is 6.42. The van der Waals surface area contributed by atoms with Crippen LogP contribution in [0.5, 0.6) is 0 Å². The molecule has 0 aliphatic rings. The third-order valence-electron chi connectivity index (χ3n) is 1.23. The van der Waals surface area contributed by atoms with E-state index in [1.165, 1.54) is 6.33 Å². The number of nitrogens with one attached hydrogen (secondary N) is 1. The van der Waals surface area contributed by atoms with Crippen molar-refractivity contribution in [3.05, 3.63) is 12.2 Å². The molecule has 11 heavy (non-hydrogen) atoms. The molecule has 5 nitrogen and oxygen atoms in total. The van der Waals surface area contributed by atoms with E-state index in [-0.39, 0.29) is 6.04 Å². The molecule has 0 aromatic carbocycles. The highest BCUT2D eigenvalue weighted by Gasteiger charge is 2.04. The van der Waals surface area contributed by atoms with Gasteiger partial charge in [0.2, 0.25) is 0 Å². The molecule has 0 bridgehead atoms. The highest BCUT2D eigenvalue weighted by atomic mass is 15.2. The fourth-order valence-electron chi connectivity index (χ4n) is 0.783. The van der Waals surface area contributed by atoms with E-state index in [2.05, 4.69) is 20.2 Å². The number of aromatic nitrogens is 3. The number of aromatic amines is 1. The minimum Gasteiger partial charge on any atom is -0.388 e. The fourth-order valence-corrected chi connectivity index (χ4v) is 0.783. The van der Waals surface area contributed by atoms with E-state index in [0.29, 0.717) is 5.84 Å². The maximum atomic E-state index is 5.39. The lowest BCUT2D eigenvalue weighted by atomic mass is 10.3. The number of amidine groups is 1. The highest BCUT2D eigenvalue weighted by Crippen LogP contribution is 2.08. The third-order valence-corrected chi connectivity index (χ3v) is 1.23. The van der Waals surface area contributed by atoms with Crippen molar-refractivity contribution >= 4 is 5.84 Å². The summed E-state index contributed by atoms with van der Waals surface area (Å²) >= 11 is 0. The van der Waals surface area contributed by atoms with Gasteiger partial charge in [-0.1, -0.05) is 0 Å². The number of aliphatic imine (C=N–C) groups is 1. The van der Waals surface area contributed by atoms with Crippen LogP contribution in [0.1, 0.15) is 25.7 Å². The molecular weight excluding hydrogens is 142 g/mol. The average molecular weight is 153 g/mol. The molecule has 0 spiro atoms. The minimum atomic E-state index is -0.0394. The Morgan fingerprint density at radius 3 is 3.00 bits per heavy atom. The zero-order valence-electron chi connectivity index (χ0n) is 6.57. The van der Waals surface area contributed by atoms with E-state index >= 15 is 0 Å². The molecule has 1 atom stereocenters. The Bertz CT molecular complexity index is 233. The van der Waals surface area contributed by atoms with Crippen LogP contribution in [0.4, 0.5) is 0 Å². The van der Waals surface area contributed by atoms with Gasteiger partial charge in [-0.15, -0.1) is 0 Å². The first kappa shape index (κ1) is 7.71. The summed E-state index contributed by atoms with van der Waals surface area (Å²) in [5.74, 6) is 1.28. The van der Waals surface area contributed by atoms with E-state index < -0.39 is 0 Å². The lowest BCUT2D eigenvalue weighted by Gasteiger charge is -2.00. The van der Waals surface area contributed by atoms with Crippen molar-refractivity contribution in [1.82, 2.24) is 15.2 Å². The van der Waals surface area contributed by atoms with Gasteiger partial charge in [-0.05, 0) is 13.8 Å². The molecule has 5 heteroatoms. The second-order valence-electron chi connectivity index (χ2n) is 2.32. The molecule has 3 N–H and O–H groups in total. The first-order valence-electron chi connectivity index (χ1n) is 3.35. The first-order valence-corrected chi connectivity index (χ1v) is 3.35. The summed E-state index contributed by atoms with van der Waals surface area (Å²) in [5.41, 5.74) is 5.39. The van der Waals surface area contributed by atoms with E-state index in [1.807, 2.05) is 6.92 Å². The molecule has 60 valence electrons. The highest BCUT2D eigenvalue weighted by molar-refractivity contribution is 5.77. The van der Waals surface area contributed by atoms with Crippen molar-refractivity contribution in [1.29, 1.82) is 0 Å². The Morgan fingerprint density at radius 1 is 1.82 bits per heavy atom. The van der Waals surface area contributed by atoms with Crippen LogP contribution in [0.25, 0.3) is 0 Å². The summed E-state index contributed by atoms with van der Waals surface area (Å²) in [7, 11) is 0. The number of nitrogens with two attached hydrogens (primary N) is 1. The van der Waals surface area contributed by atoms with Gasteiger partial charge in [0.25, 0.3) is 0 Å². The SMILES string of the molecule is CC(N)=NC(C)c1ncn[nH]1. The van der Waals surface area contributed by atoms with Crippen molar-refractivity contribution < 1.29 is 0 Å². The maximum absolute atomic E-state index is 5.39. The number of nitrogens with zero attached hydrogens (tertiary/aromatic N) is 3. The maximum Gasteiger partial charge on any atom is 0.148 e. The fraction of sp³-hybridized carbons (Fsp3) is 0.500. The molecule has 1 aromatic heterocycles. The normalized spacial score (nSPS) is 14.9. The molecular formula is C6H11N5. The minimum absolute atomic E-state index is 0.0394. The van der Waals surface area contributed by atoms with Crippen molar-refractivity contribution in [3.8, 4) is 0 Å². The van der Waals surface area contributed by atoms with Gasteiger partial charge in [0.15, 0.2) is 0 Å². The van der Waals surface area contributed by atoms with Gasteiger partial charge in [-0.25, -0.2) is 4.98 Å². The number of hydrogen-bond donors (Lipinski definition) is 2. The van der Waals surface area contributed by atoms with Crippen molar-refractivity contribution in [2.24, 2.45) is 10.7 Å². The summed E-state index contributed by atoms with van der Waals surface area (Å²) in [6, 6.07) is -0.0394. The van der Waals surface area contributed by atoms with Crippen LogP contribution >= 0.6 is 0 Å². The predicted octanol–water partition coefficient (Wildman–Crippen LogP) is 0.243. The number of H-pyrrole nitrogens is 1. The van der Waals surface area contributed by atoms with E-state index in [1.54, 1.807) is 6.92 Å². The largest absolute Gasteiger partial charge is 0.388 e. The Hall–Kier alpha value is -1.39. The average Bonchev–Trinajstić information content (AvgIpc) is 2.35. The summed E-state index contributed by atoms with van der Waals surface area (Å²) < 4.78 is 0. The molecule has 0 aliphatic heterocycles. The van der Waals surface area contributed by atoms with Crippen LogP contribution < -0.4 is 5.73 Å². The standard InChI is InChI=1S/C6H11N5/c1-4(10-5(2)7)6-8-3-9-11-6/h3-4H,1-2H3,(H2,7,10)(H,8,9,11). The molecule has 0 radical (unpaired) electrons. The Balaban J connectivity index is 2.71. The lowest BCUT2D eigenvalue weighted by Crippen LogP contribution is -2.07. The molecule has 1 rings (SSSR count). The van der Waals surface area contributed by atoms with Crippen molar-refractivity contribution in [2.45, 2.75) is 19.9 Å². The summed E-state index contributed by atoms with van der Waals surface area (Å²) in [6.07, 6.45) is 1.45. The molecule has 1 aromatic rings. The predicted molar refractivity (Wildman–Crippen MR) is 42.1 cm³/mol. The zero-order valence-corrected chi connectivity index (χ0v) is 6.57. The van der Waals surface area contributed by atoms with Gasteiger partial charge < -0.3 is 5.73 Å². The third kappa shape index (κ3) is 2.03. The molecule has 0 aliphatic carbocycles. The van der Waals surface area contributed by atoms with Crippen molar-refractivity contribution in [3.63, 3.8) is 0 Å². The van der Waals surface area contributed by atoms with Gasteiger partial charge in [-0.2, -0.15) is 5.10 Å². The van der Waals surface area contributed by atoms with Crippen LogP contribution in [0.3, 0.4) is 0 Å². The van der Waals surface area contributed by atoms with Gasteiger partial charge in [-0.3, -0.25) is 10.1 Å². The molecule has 0 saturated carbocycles. The number of hydrogen-bond acceptors (Lipinski definition) is 3. The summed E-state index contributed by atoms with van der Waals surface area (Å²) in [4.78, 5) is 8.02. The van der Waals surface area contributed by atoms with Crippen molar-refractivity contribution in [2.75, 3.05) is 0 Å². The van der Waals surface area contributed by atoms with E-state index in [4.69, 9.17) is 5.73 Å². The van der Waals surface area contributed by atoms with Crippen LogP contribution in [0.15, 0.2) is 11.3 Å². The molecule has 0 amide bonds. The zero-order chi connectivity index (χ0) is 8.27. The number of rotatable bonds is 2. The van der Waals surface area contributed by atoms with Crippen LogP contribution in [0.2, 0.25) is 0 Å². The van der Waals surface area contributed by atoms with Crippen LogP contribution in [0, 0.1) is 0 Å². The molecule has 1 heterocycles. The second-order valence-corrected chi connectivity index (χ2v) is 2.32. The van der Waals surface area contributed by atoms with Gasteiger partial charge in [0.1, 0.15) is 18.2 Å². The van der Waals surface area contributed by atoms with Gasteiger partial charge >= 0.3 is 0 Å². The topological polar surface area (TPSA) is 79.9 Å².